The Morgan fingerprint density at radius 1 is 1.36 bits per heavy atom. The molecule has 0 aliphatic heterocycles. The van der Waals surface area contributed by atoms with Gasteiger partial charge in [-0.25, -0.2) is 4.98 Å². The highest BCUT2D eigenvalue weighted by Crippen LogP contribution is 2.16. The summed E-state index contributed by atoms with van der Waals surface area (Å²) in [4.78, 5) is 8.19. The highest BCUT2D eigenvalue weighted by molar-refractivity contribution is 5.75. The summed E-state index contributed by atoms with van der Waals surface area (Å²) in [6.07, 6.45) is 3.48. The van der Waals surface area contributed by atoms with Crippen LogP contribution in [-0.2, 0) is 0 Å². The second-order valence-electron chi connectivity index (χ2n) is 2.55. The molecular formula is C8H8N2O. The fraction of sp³-hybridized carbons (Fsp3) is 0.250. The minimum atomic E-state index is 0.676. The van der Waals surface area contributed by atoms with Crippen LogP contribution in [0.3, 0.4) is 0 Å². The Bertz CT molecular complexity index is 392. The predicted molar refractivity (Wildman–Crippen MR) is 41.3 cm³/mol. The van der Waals surface area contributed by atoms with E-state index in [1.165, 1.54) is 0 Å². The maximum atomic E-state index is 5.18. The molecule has 0 radical (unpaired) electrons. The first-order chi connectivity index (χ1) is 5.27. The number of furan rings is 1. The van der Waals surface area contributed by atoms with E-state index in [0.717, 1.165) is 16.8 Å². The summed E-state index contributed by atoms with van der Waals surface area (Å²) in [6, 6.07) is 0. The standard InChI is InChI=1S/C8H8N2O/c1-5-4-11-8-7(5)3-9-6(2)10-8/h3-4H,1-2H3. The Labute approximate surface area is 64.1 Å². The van der Waals surface area contributed by atoms with E-state index in [9.17, 15) is 0 Å². The van der Waals surface area contributed by atoms with Crippen molar-refractivity contribution in [3.63, 3.8) is 0 Å². The van der Waals surface area contributed by atoms with Crippen molar-refractivity contribution in [2.45, 2.75) is 13.8 Å². The van der Waals surface area contributed by atoms with Crippen LogP contribution in [-0.4, -0.2) is 9.97 Å². The Balaban J connectivity index is 2.86. The molecule has 11 heavy (non-hydrogen) atoms. The zero-order valence-electron chi connectivity index (χ0n) is 6.46. The van der Waals surface area contributed by atoms with E-state index < -0.39 is 0 Å². The van der Waals surface area contributed by atoms with Crippen molar-refractivity contribution in [3.05, 3.63) is 23.8 Å². The van der Waals surface area contributed by atoms with Gasteiger partial charge in [0.2, 0.25) is 5.71 Å². The van der Waals surface area contributed by atoms with Crippen LogP contribution in [0.15, 0.2) is 16.9 Å². The van der Waals surface area contributed by atoms with Gasteiger partial charge in [0.05, 0.1) is 11.6 Å². The molecule has 0 amide bonds. The van der Waals surface area contributed by atoms with Crippen LogP contribution >= 0.6 is 0 Å². The maximum absolute atomic E-state index is 5.18. The van der Waals surface area contributed by atoms with Gasteiger partial charge >= 0.3 is 0 Å². The van der Waals surface area contributed by atoms with Crippen molar-refractivity contribution < 1.29 is 4.42 Å². The van der Waals surface area contributed by atoms with E-state index >= 15 is 0 Å². The monoisotopic (exact) mass is 148 g/mol. The van der Waals surface area contributed by atoms with Crippen molar-refractivity contribution in [1.82, 2.24) is 9.97 Å². The van der Waals surface area contributed by atoms with Gasteiger partial charge < -0.3 is 4.42 Å². The van der Waals surface area contributed by atoms with Gasteiger partial charge in [-0.2, -0.15) is 4.98 Å². The molecule has 0 N–H and O–H groups in total. The van der Waals surface area contributed by atoms with E-state index in [-0.39, 0.29) is 0 Å². The maximum Gasteiger partial charge on any atom is 0.229 e. The lowest BCUT2D eigenvalue weighted by molar-refractivity contribution is 0.598. The minimum absolute atomic E-state index is 0.676. The fourth-order valence-electron chi connectivity index (χ4n) is 1.02. The molecule has 0 fully saturated rings. The van der Waals surface area contributed by atoms with Crippen LogP contribution in [0.5, 0.6) is 0 Å². The highest BCUT2D eigenvalue weighted by Gasteiger charge is 2.02. The molecule has 0 aliphatic rings. The lowest BCUT2D eigenvalue weighted by Crippen LogP contribution is -1.84. The molecule has 0 spiro atoms. The summed E-state index contributed by atoms with van der Waals surface area (Å²) in [7, 11) is 0. The molecule has 0 saturated heterocycles. The normalized spacial score (nSPS) is 10.7. The van der Waals surface area contributed by atoms with Gasteiger partial charge in [0.25, 0.3) is 0 Å². The predicted octanol–water partition coefficient (Wildman–Crippen LogP) is 1.84. The van der Waals surface area contributed by atoms with E-state index in [4.69, 9.17) is 4.42 Å². The molecule has 0 aromatic carbocycles. The van der Waals surface area contributed by atoms with Crippen molar-refractivity contribution in [1.29, 1.82) is 0 Å². The SMILES string of the molecule is Cc1ncc2c(C)coc2n1. The molecule has 2 rings (SSSR count). The zero-order chi connectivity index (χ0) is 7.84. The van der Waals surface area contributed by atoms with Gasteiger partial charge in [-0.15, -0.1) is 0 Å². The zero-order valence-corrected chi connectivity index (χ0v) is 6.46. The fourth-order valence-corrected chi connectivity index (χ4v) is 1.02. The van der Waals surface area contributed by atoms with Crippen molar-refractivity contribution in [2.24, 2.45) is 0 Å². The van der Waals surface area contributed by atoms with Crippen molar-refractivity contribution >= 4 is 11.1 Å². The summed E-state index contributed by atoms with van der Waals surface area (Å²) in [5.74, 6) is 0.742. The van der Waals surface area contributed by atoms with Crippen LogP contribution in [0.25, 0.3) is 11.1 Å². The van der Waals surface area contributed by atoms with Gasteiger partial charge in [-0.05, 0) is 19.4 Å². The van der Waals surface area contributed by atoms with Crippen molar-refractivity contribution in [2.75, 3.05) is 0 Å². The first-order valence-electron chi connectivity index (χ1n) is 3.45. The van der Waals surface area contributed by atoms with Gasteiger partial charge in [0.15, 0.2) is 0 Å². The third kappa shape index (κ3) is 0.888. The number of nitrogens with zero attached hydrogens (tertiary/aromatic N) is 2. The molecule has 0 aliphatic carbocycles. The van der Waals surface area contributed by atoms with Gasteiger partial charge in [0.1, 0.15) is 5.82 Å². The lowest BCUT2D eigenvalue weighted by atomic mass is 10.3. The second kappa shape index (κ2) is 2.05. The first-order valence-corrected chi connectivity index (χ1v) is 3.45. The Morgan fingerprint density at radius 2 is 2.18 bits per heavy atom. The van der Waals surface area contributed by atoms with E-state index in [2.05, 4.69) is 9.97 Å². The molecule has 56 valence electrons. The largest absolute Gasteiger partial charge is 0.446 e. The van der Waals surface area contributed by atoms with Crippen LogP contribution in [0.2, 0.25) is 0 Å². The summed E-state index contributed by atoms with van der Waals surface area (Å²) in [5.41, 5.74) is 1.76. The van der Waals surface area contributed by atoms with E-state index in [1.54, 1.807) is 12.5 Å². The number of hydrogen-bond acceptors (Lipinski definition) is 3. The minimum Gasteiger partial charge on any atom is -0.446 e. The lowest BCUT2D eigenvalue weighted by Gasteiger charge is -1.89. The molecule has 2 aromatic heterocycles. The molecular weight excluding hydrogens is 140 g/mol. The molecule has 0 unspecified atom stereocenters. The third-order valence-electron chi connectivity index (χ3n) is 1.65. The average molecular weight is 148 g/mol. The van der Waals surface area contributed by atoms with E-state index in [1.807, 2.05) is 13.8 Å². The molecule has 2 aromatic rings. The van der Waals surface area contributed by atoms with Crippen LogP contribution in [0.1, 0.15) is 11.4 Å². The first kappa shape index (κ1) is 6.34. The molecule has 0 saturated carbocycles. The average Bonchev–Trinajstić information content (AvgIpc) is 2.32. The Kier molecular flexibility index (Phi) is 1.18. The number of hydrogen-bond donors (Lipinski definition) is 0. The summed E-state index contributed by atoms with van der Waals surface area (Å²) >= 11 is 0. The number of aromatic nitrogens is 2. The molecule has 0 atom stereocenters. The number of fused-ring (bicyclic) bond motifs is 1. The molecule has 0 bridgehead atoms. The molecule has 2 heterocycles. The van der Waals surface area contributed by atoms with Gasteiger partial charge in [0, 0.05) is 6.20 Å². The molecule has 3 heteroatoms. The second-order valence-corrected chi connectivity index (χ2v) is 2.55. The highest BCUT2D eigenvalue weighted by atomic mass is 16.3. The Morgan fingerprint density at radius 3 is 3.00 bits per heavy atom. The summed E-state index contributed by atoms with van der Waals surface area (Å²) < 4.78 is 5.18. The Hall–Kier alpha value is -1.38. The summed E-state index contributed by atoms with van der Waals surface area (Å²) in [6.45, 7) is 3.82. The van der Waals surface area contributed by atoms with Crippen LogP contribution < -0.4 is 0 Å². The summed E-state index contributed by atoms with van der Waals surface area (Å²) in [5, 5.41) is 0.996. The quantitative estimate of drug-likeness (QED) is 0.572. The number of rotatable bonds is 0. The van der Waals surface area contributed by atoms with Crippen LogP contribution in [0.4, 0.5) is 0 Å². The van der Waals surface area contributed by atoms with Gasteiger partial charge in [-0.1, -0.05) is 0 Å². The number of aryl methyl sites for hydroxylation is 2. The molecule has 3 nitrogen and oxygen atoms in total. The van der Waals surface area contributed by atoms with Crippen molar-refractivity contribution in [3.8, 4) is 0 Å². The topological polar surface area (TPSA) is 38.9 Å². The van der Waals surface area contributed by atoms with Gasteiger partial charge in [-0.3, -0.25) is 0 Å². The third-order valence-corrected chi connectivity index (χ3v) is 1.65. The smallest absolute Gasteiger partial charge is 0.229 e. The van der Waals surface area contributed by atoms with E-state index in [0.29, 0.717) is 5.71 Å². The van der Waals surface area contributed by atoms with Crippen LogP contribution in [0, 0.1) is 13.8 Å².